The zero-order valence-corrected chi connectivity index (χ0v) is 14.5. The van der Waals surface area contributed by atoms with Gasteiger partial charge in [0.25, 0.3) is 0 Å². The van der Waals surface area contributed by atoms with E-state index in [1.807, 2.05) is 0 Å². The van der Waals surface area contributed by atoms with Gasteiger partial charge in [-0.2, -0.15) is 0 Å². The van der Waals surface area contributed by atoms with Crippen LogP contribution < -0.4 is 10.5 Å². The highest BCUT2D eigenvalue weighted by Gasteiger charge is 2.31. The molecule has 0 aliphatic heterocycles. The van der Waals surface area contributed by atoms with E-state index < -0.39 is 17.4 Å². The normalized spacial score (nSPS) is 11.2. The van der Waals surface area contributed by atoms with Crippen molar-refractivity contribution in [1.82, 2.24) is 0 Å². The fourth-order valence-electron chi connectivity index (χ4n) is 2.17. The Labute approximate surface area is 145 Å². The smallest absolute Gasteiger partial charge is 0.349 e. The van der Waals surface area contributed by atoms with Crippen molar-refractivity contribution in [1.29, 1.82) is 0 Å². The van der Waals surface area contributed by atoms with Crippen molar-refractivity contribution in [3.05, 3.63) is 47.2 Å². The molecule has 0 fully saturated rings. The molecule has 0 atom stereocenters. The fraction of sp³-hybridized carbons (Fsp3) is 0.278. The minimum absolute atomic E-state index is 0.0277. The van der Waals surface area contributed by atoms with Crippen LogP contribution in [0.25, 0.3) is 11.1 Å². The number of anilines is 1. The lowest BCUT2D eigenvalue weighted by Gasteiger charge is -2.24. The summed E-state index contributed by atoms with van der Waals surface area (Å²) in [7, 11) is 0. The second-order valence-corrected chi connectivity index (χ2v) is 6.14. The van der Waals surface area contributed by atoms with Gasteiger partial charge in [0.15, 0.2) is 5.60 Å². The van der Waals surface area contributed by atoms with E-state index in [-0.39, 0.29) is 17.3 Å². The van der Waals surface area contributed by atoms with Gasteiger partial charge in [-0.05, 0) is 50.6 Å². The quantitative estimate of drug-likeness (QED) is 0.638. The minimum atomic E-state index is -1.11. The molecule has 0 aliphatic carbocycles. The Morgan fingerprint density at radius 1 is 1.25 bits per heavy atom. The van der Waals surface area contributed by atoms with E-state index in [2.05, 4.69) is 0 Å². The van der Waals surface area contributed by atoms with Gasteiger partial charge in [0.1, 0.15) is 11.6 Å². The molecule has 4 nitrogen and oxygen atoms in total. The monoisotopic (exact) mass is 351 g/mol. The number of ether oxygens (including phenoxy) is 2. The van der Waals surface area contributed by atoms with Crippen LogP contribution in [-0.4, -0.2) is 18.2 Å². The van der Waals surface area contributed by atoms with Crippen LogP contribution in [0.15, 0.2) is 36.4 Å². The van der Waals surface area contributed by atoms with Crippen LogP contribution in [0.5, 0.6) is 5.75 Å². The molecule has 0 bridgehead atoms. The highest BCUT2D eigenvalue weighted by Crippen LogP contribution is 2.32. The summed E-state index contributed by atoms with van der Waals surface area (Å²) in [6, 6.07) is 9.55. The van der Waals surface area contributed by atoms with E-state index in [9.17, 15) is 9.18 Å². The Balaban J connectivity index is 2.24. The van der Waals surface area contributed by atoms with E-state index >= 15 is 0 Å². The molecular formula is C18H19ClFNO3. The second-order valence-electron chi connectivity index (χ2n) is 5.71. The average molecular weight is 352 g/mol. The van der Waals surface area contributed by atoms with Gasteiger partial charge in [-0.3, -0.25) is 0 Å². The number of esters is 1. The molecule has 0 heterocycles. The Morgan fingerprint density at radius 3 is 2.46 bits per heavy atom. The van der Waals surface area contributed by atoms with Gasteiger partial charge in [0, 0.05) is 10.6 Å². The Bertz CT molecular complexity index is 745. The molecule has 0 aromatic heterocycles. The summed E-state index contributed by atoms with van der Waals surface area (Å²) in [6.07, 6.45) is 0. The van der Waals surface area contributed by atoms with Crippen molar-refractivity contribution in [3.8, 4) is 16.9 Å². The highest BCUT2D eigenvalue weighted by molar-refractivity contribution is 6.31. The average Bonchev–Trinajstić information content (AvgIpc) is 2.51. The molecular weight excluding hydrogens is 333 g/mol. The first kappa shape index (κ1) is 18.1. The first-order valence-electron chi connectivity index (χ1n) is 7.45. The van der Waals surface area contributed by atoms with Gasteiger partial charge in [-0.15, -0.1) is 0 Å². The Kier molecular flexibility index (Phi) is 5.34. The van der Waals surface area contributed by atoms with Crippen LogP contribution >= 0.6 is 11.6 Å². The predicted molar refractivity (Wildman–Crippen MR) is 92.6 cm³/mol. The van der Waals surface area contributed by atoms with Crippen LogP contribution in [0, 0.1) is 5.82 Å². The molecule has 24 heavy (non-hydrogen) atoms. The first-order valence-corrected chi connectivity index (χ1v) is 7.83. The third kappa shape index (κ3) is 3.97. The maximum absolute atomic E-state index is 13.7. The summed E-state index contributed by atoms with van der Waals surface area (Å²) >= 11 is 5.88. The predicted octanol–water partition coefficient (Wildman–Crippen LogP) is 4.45. The van der Waals surface area contributed by atoms with E-state index in [1.165, 1.54) is 6.07 Å². The van der Waals surface area contributed by atoms with Crippen LogP contribution in [0.4, 0.5) is 10.1 Å². The lowest BCUT2D eigenvalue weighted by Crippen LogP contribution is -2.39. The molecule has 6 heteroatoms. The van der Waals surface area contributed by atoms with Crippen molar-refractivity contribution in [2.75, 3.05) is 12.3 Å². The number of halogens is 2. The van der Waals surface area contributed by atoms with Crippen LogP contribution in [0.2, 0.25) is 5.02 Å². The number of nitrogen functional groups attached to an aromatic ring is 1. The largest absolute Gasteiger partial charge is 0.476 e. The van der Waals surface area contributed by atoms with E-state index in [1.54, 1.807) is 51.1 Å². The van der Waals surface area contributed by atoms with Crippen molar-refractivity contribution in [3.63, 3.8) is 0 Å². The Hall–Kier alpha value is -2.27. The van der Waals surface area contributed by atoms with Crippen molar-refractivity contribution < 1.29 is 18.7 Å². The van der Waals surface area contributed by atoms with Gasteiger partial charge in [0.2, 0.25) is 0 Å². The number of rotatable bonds is 5. The van der Waals surface area contributed by atoms with Gasteiger partial charge in [-0.1, -0.05) is 23.7 Å². The summed E-state index contributed by atoms with van der Waals surface area (Å²) in [5.74, 6) is -0.533. The number of hydrogen-bond acceptors (Lipinski definition) is 4. The zero-order chi connectivity index (χ0) is 17.9. The molecule has 2 aromatic rings. The SMILES string of the molecule is CCOC(=O)C(C)(C)Oc1ccc(-c2cc(Cl)cc(F)c2N)cc1. The molecule has 0 amide bonds. The standard InChI is InChI=1S/C18H19ClFNO3/c1-4-23-17(22)18(2,3)24-13-7-5-11(6-8-13)14-9-12(19)10-15(20)16(14)21/h5-10H,4,21H2,1-3H3. The van der Waals surface area contributed by atoms with E-state index in [4.69, 9.17) is 26.8 Å². The van der Waals surface area contributed by atoms with Gasteiger partial charge in [0.05, 0.1) is 12.3 Å². The molecule has 0 radical (unpaired) electrons. The molecule has 0 saturated carbocycles. The third-order valence-corrected chi connectivity index (χ3v) is 3.62. The fourth-order valence-corrected chi connectivity index (χ4v) is 2.37. The zero-order valence-electron chi connectivity index (χ0n) is 13.7. The van der Waals surface area contributed by atoms with E-state index in [0.29, 0.717) is 16.9 Å². The number of hydrogen-bond donors (Lipinski definition) is 1. The van der Waals surface area contributed by atoms with Gasteiger partial charge < -0.3 is 15.2 Å². The molecule has 0 spiro atoms. The topological polar surface area (TPSA) is 61.5 Å². The second kappa shape index (κ2) is 7.09. The third-order valence-electron chi connectivity index (χ3n) is 3.40. The Morgan fingerprint density at radius 2 is 1.88 bits per heavy atom. The molecule has 0 aliphatic rings. The molecule has 0 saturated heterocycles. The van der Waals surface area contributed by atoms with Gasteiger partial charge in [-0.25, -0.2) is 9.18 Å². The minimum Gasteiger partial charge on any atom is -0.476 e. The maximum Gasteiger partial charge on any atom is 0.349 e. The first-order chi connectivity index (χ1) is 11.2. The lowest BCUT2D eigenvalue weighted by atomic mass is 10.0. The van der Waals surface area contributed by atoms with Crippen LogP contribution in [0.3, 0.4) is 0 Å². The van der Waals surface area contributed by atoms with Crippen molar-refractivity contribution in [2.45, 2.75) is 26.4 Å². The highest BCUT2D eigenvalue weighted by atomic mass is 35.5. The number of carbonyl (C=O) groups is 1. The molecule has 2 aromatic carbocycles. The molecule has 2 rings (SSSR count). The van der Waals surface area contributed by atoms with E-state index in [0.717, 1.165) is 0 Å². The lowest BCUT2D eigenvalue weighted by molar-refractivity contribution is -0.158. The van der Waals surface area contributed by atoms with Gasteiger partial charge >= 0.3 is 5.97 Å². The number of benzene rings is 2. The number of nitrogens with two attached hydrogens (primary N) is 1. The summed E-state index contributed by atoms with van der Waals surface area (Å²) in [5, 5.41) is 0.264. The van der Waals surface area contributed by atoms with Crippen molar-refractivity contribution >= 4 is 23.3 Å². The molecule has 128 valence electrons. The molecule has 0 unspecified atom stereocenters. The maximum atomic E-state index is 13.7. The summed E-state index contributed by atoms with van der Waals surface area (Å²) in [5.41, 5.74) is 5.87. The summed E-state index contributed by atoms with van der Waals surface area (Å²) in [4.78, 5) is 11.9. The molecule has 2 N–H and O–H groups in total. The van der Waals surface area contributed by atoms with Crippen LogP contribution in [0.1, 0.15) is 20.8 Å². The van der Waals surface area contributed by atoms with Crippen molar-refractivity contribution in [2.24, 2.45) is 0 Å². The summed E-state index contributed by atoms with van der Waals surface area (Å²) < 4.78 is 24.4. The van der Waals surface area contributed by atoms with Crippen LogP contribution in [-0.2, 0) is 9.53 Å². The number of carbonyl (C=O) groups excluding carboxylic acids is 1. The summed E-state index contributed by atoms with van der Waals surface area (Å²) in [6.45, 7) is 5.27.